The first kappa shape index (κ1) is 12.9. The number of carbonyl (C=O) groups is 1. The Labute approximate surface area is 97.7 Å². The van der Waals surface area contributed by atoms with E-state index in [0.717, 1.165) is 0 Å². The molecule has 1 aromatic rings. The molecule has 0 aliphatic heterocycles. The molecule has 1 aromatic carbocycles. The van der Waals surface area contributed by atoms with Crippen LogP contribution in [-0.4, -0.2) is 24.1 Å². The minimum atomic E-state index is -0.913. The van der Waals surface area contributed by atoms with E-state index in [1.54, 1.807) is 24.3 Å². The first-order chi connectivity index (χ1) is 8.11. The summed E-state index contributed by atoms with van der Waals surface area (Å²) in [5, 5.41) is 11.4. The molecule has 0 aromatic heterocycles. The Hall–Kier alpha value is -2.15. The van der Waals surface area contributed by atoms with Gasteiger partial charge in [-0.1, -0.05) is 30.3 Å². The van der Waals surface area contributed by atoms with Crippen LogP contribution in [-0.2, 0) is 9.63 Å². The zero-order valence-corrected chi connectivity index (χ0v) is 9.04. The van der Waals surface area contributed by atoms with Gasteiger partial charge in [0.1, 0.15) is 12.6 Å². The molecule has 17 heavy (non-hydrogen) atoms. The molecular weight excluding hydrogens is 226 g/mol. The minimum Gasteiger partial charge on any atom is -0.353 e. The highest BCUT2D eigenvalue weighted by atomic mass is 16.9. The van der Waals surface area contributed by atoms with Crippen LogP contribution in [0.3, 0.4) is 0 Å². The fourth-order valence-corrected chi connectivity index (χ4v) is 1.22. The quantitative estimate of drug-likeness (QED) is 0.413. The molecule has 7 heteroatoms. The van der Waals surface area contributed by atoms with Crippen molar-refractivity contribution in [1.29, 1.82) is 0 Å². The molecule has 3 N–H and O–H groups in total. The van der Waals surface area contributed by atoms with Gasteiger partial charge in [0.05, 0.1) is 0 Å². The number of nitrogens with zero attached hydrogens (tertiary/aromatic N) is 1. The second-order valence-electron chi connectivity index (χ2n) is 3.24. The van der Waals surface area contributed by atoms with Crippen LogP contribution in [0.1, 0.15) is 11.6 Å². The predicted molar refractivity (Wildman–Crippen MR) is 59.3 cm³/mol. The number of nitrogens with one attached hydrogen (secondary N) is 1. The van der Waals surface area contributed by atoms with E-state index < -0.39 is 17.0 Å². The maximum Gasteiger partial charge on any atom is 0.294 e. The number of hydrogen-bond donors (Lipinski definition) is 2. The molecule has 1 amide bonds. The average Bonchev–Trinajstić information content (AvgIpc) is 2.34. The van der Waals surface area contributed by atoms with Gasteiger partial charge in [-0.25, -0.2) is 0 Å². The fraction of sp³-hybridized carbons (Fsp3) is 0.300. The van der Waals surface area contributed by atoms with Gasteiger partial charge in [-0.05, 0) is 5.56 Å². The zero-order valence-electron chi connectivity index (χ0n) is 9.04. The summed E-state index contributed by atoms with van der Waals surface area (Å²) in [7, 11) is 0. The van der Waals surface area contributed by atoms with Crippen molar-refractivity contribution in [1.82, 2.24) is 5.32 Å². The maximum absolute atomic E-state index is 11.5. The van der Waals surface area contributed by atoms with Crippen molar-refractivity contribution in [3.05, 3.63) is 46.0 Å². The minimum absolute atomic E-state index is 0.0420. The lowest BCUT2D eigenvalue weighted by atomic mass is 10.1. The highest BCUT2D eigenvalue weighted by Crippen LogP contribution is 2.08. The van der Waals surface area contributed by atoms with Crippen molar-refractivity contribution in [2.75, 3.05) is 13.2 Å². The number of benzene rings is 1. The Morgan fingerprint density at radius 1 is 1.47 bits per heavy atom. The summed E-state index contributed by atoms with van der Waals surface area (Å²) in [6.45, 7) is -0.152. The number of amides is 1. The molecule has 0 saturated carbocycles. The van der Waals surface area contributed by atoms with Gasteiger partial charge in [0.2, 0.25) is 5.91 Å². The van der Waals surface area contributed by atoms with Gasteiger partial charge < -0.3 is 15.9 Å². The highest BCUT2D eigenvalue weighted by molar-refractivity contribution is 5.82. The first-order valence-electron chi connectivity index (χ1n) is 4.97. The van der Waals surface area contributed by atoms with Crippen LogP contribution in [0.5, 0.6) is 0 Å². The molecule has 92 valence electrons. The van der Waals surface area contributed by atoms with Gasteiger partial charge in [-0.3, -0.25) is 4.79 Å². The van der Waals surface area contributed by atoms with Crippen molar-refractivity contribution in [2.24, 2.45) is 5.73 Å². The summed E-state index contributed by atoms with van der Waals surface area (Å²) in [6, 6.07) is 8.05. The number of hydrogen-bond acceptors (Lipinski definition) is 5. The predicted octanol–water partition coefficient (Wildman–Crippen LogP) is 0.0109. The smallest absolute Gasteiger partial charge is 0.294 e. The highest BCUT2D eigenvalue weighted by Gasteiger charge is 2.14. The Bertz CT molecular complexity index is 382. The third kappa shape index (κ3) is 4.47. The van der Waals surface area contributed by atoms with Gasteiger partial charge in [0.25, 0.3) is 5.09 Å². The topological polar surface area (TPSA) is 107 Å². The molecule has 0 unspecified atom stereocenters. The second-order valence-corrected chi connectivity index (χ2v) is 3.24. The van der Waals surface area contributed by atoms with Crippen LogP contribution in [0.25, 0.3) is 0 Å². The van der Waals surface area contributed by atoms with Crippen LogP contribution in [0.4, 0.5) is 0 Å². The third-order valence-corrected chi connectivity index (χ3v) is 2.04. The number of nitrogens with two attached hydrogens (primary N) is 1. The molecule has 0 aliphatic carbocycles. The van der Waals surface area contributed by atoms with Gasteiger partial charge in [0.15, 0.2) is 0 Å². The summed E-state index contributed by atoms with van der Waals surface area (Å²) >= 11 is 0. The monoisotopic (exact) mass is 239 g/mol. The lowest BCUT2D eigenvalue weighted by Crippen LogP contribution is -2.36. The summed E-state index contributed by atoms with van der Waals surface area (Å²) in [5.74, 6) is -0.400. The van der Waals surface area contributed by atoms with Gasteiger partial charge in [-0.2, -0.15) is 0 Å². The van der Waals surface area contributed by atoms with E-state index in [-0.39, 0.29) is 13.2 Å². The largest absolute Gasteiger partial charge is 0.353 e. The standard InChI is InChI=1S/C10H13N3O4/c11-9(8-4-2-1-3-5-8)10(14)12-6-7-17-13(15)16/h1-5,9H,6-7,11H2,(H,12,14)/t9-/m0/s1. The molecule has 0 fully saturated rings. The summed E-state index contributed by atoms with van der Waals surface area (Å²) < 4.78 is 0. The van der Waals surface area contributed by atoms with Crippen molar-refractivity contribution in [3.63, 3.8) is 0 Å². The second kappa shape index (κ2) is 6.44. The molecule has 1 atom stereocenters. The van der Waals surface area contributed by atoms with Crippen molar-refractivity contribution < 1.29 is 14.7 Å². The molecule has 0 saturated heterocycles. The molecule has 0 radical (unpaired) electrons. The van der Waals surface area contributed by atoms with Crippen LogP contribution in [0, 0.1) is 10.1 Å². The molecule has 0 heterocycles. The Balaban J connectivity index is 2.35. The number of carbonyl (C=O) groups excluding carboxylic acids is 1. The lowest BCUT2D eigenvalue weighted by Gasteiger charge is -2.11. The Morgan fingerprint density at radius 2 is 2.12 bits per heavy atom. The van der Waals surface area contributed by atoms with Gasteiger partial charge >= 0.3 is 0 Å². The molecule has 0 bridgehead atoms. The van der Waals surface area contributed by atoms with E-state index in [1.807, 2.05) is 6.07 Å². The fourth-order valence-electron chi connectivity index (χ4n) is 1.22. The zero-order chi connectivity index (χ0) is 12.7. The Kier molecular flexibility index (Phi) is 4.89. The van der Waals surface area contributed by atoms with Gasteiger partial charge in [-0.15, -0.1) is 10.1 Å². The molecule has 0 aliphatic rings. The van der Waals surface area contributed by atoms with Crippen LogP contribution >= 0.6 is 0 Å². The van der Waals surface area contributed by atoms with E-state index in [9.17, 15) is 14.9 Å². The summed E-state index contributed by atoms with van der Waals surface area (Å²) in [5.41, 5.74) is 6.37. The summed E-state index contributed by atoms with van der Waals surface area (Å²) in [6.07, 6.45) is 0. The lowest BCUT2D eigenvalue weighted by molar-refractivity contribution is -0.757. The number of rotatable bonds is 6. The van der Waals surface area contributed by atoms with Crippen molar-refractivity contribution in [3.8, 4) is 0 Å². The van der Waals surface area contributed by atoms with Crippen LogP contribution in [0.15, 0.2) is 30.3 Å². The van der Waals surface area contributed by atoms with E-state index in [4.69, 9.17) is 5.73 Å². The maximum atomic E-state index is 11.5. The van der Waals surface area contributed by atoms with E-state index >= 15 is 0 Å². The normalized spacial score (nSPS) is 11.6. The molecule has 7 nitrogen and oxygen atoms in total. The van der Waals surface area contributed by atoms with Crippen molar-refractivity contribution >= 4 is 5.91 Å². The van der Waals surface area contributed by atoms with Crippen molar-refractivity contribution in [2.45, 2.75) is 6.04 Å². The molecule has 0 spiro atoms. The van der Waals surface area contributed by atoms with E-state index in [1.165, 1.54) is 0 Å². The van der Waals surface area contributed by atoms with Crippen LogP contribution < -0.4 is 11.1 Å². The van der Waals surface area contributed by atoms with E-state index in [0.29, 0.717) is 5.56 Å². The van der Waals surface area contributed by atoms with Crippen LogP contribution in [0.2, 0.25) is 0 Å². The molecule has 1 rings (SSSR count). The molecular formula is C10H13N3O4. The first-order valence-corrected chi connectivity index (χ1v) is 4.97. The SMILES string of the molecule is N[C@H](C(=O)NCCO[N+](=O)[O-])c1ccccc1. The third-order valence-electron chi connectivity index (χ3n) is 2.04. The van der Waals surface area contributed by atoms with Gasteiger partial charge in [0, 0.05) is 6.54 Å². The van der Waals surface area contributed by atoms with E-state index in [2.05, 4.69) is 10.2 Å². The average molecular weight is 239 g/mol. The Morgan fingerprint density at radius 3 is 2.71 bits per heavy atom. The summed E-state index contributed by atoms with van der Waals surface area (Å²) in [4.78, 5) is 25.4.